The predicted molar refractivity (Wildman–Crippen MR) is 107 cm³/mol. The summed E-state index contributed by atoms with van der Waals surface area (Å²) in [5.74, 6) is 1.20. The third-order valence-corrected chi connectivity index (χ3v) is 3.89. The molecule has 8 heteroatoms. The van der Waals surface area contributed by atoms with E-state index >= 15 is 0 Å². The maximum atomic E-state index is 12.1. The molecule has 0 saturated heterocycles. The summed E-state index contributed by atoms with van der Waals surface area (Å²) in [6.45, 7) is 0. The Bertz CT molecular complexity index is 1040. The van der Waals surface area contributed by atoms with Gasteiger partial charge < -0.3 is 18.9 Å². The second-order valence-corrected chi connectivity index (χ2v) is 6.00. The molecule has 0 N–H and O–H groups in total. The van der Waals surface area contributed by atoms with Gasteiger partial charge in [0.25, 0.3) is 0 Å². The van der Waals surface area contributed by atoms with Crippen molar-refractivity contribution >= 4 is 23.1 Å². The number of esters is 1. The van der Waals surface area contributed by atoms with Crippen molar-refractivity contribution in [3.05, 3.63) is 77.9 Å². The smallest absolute Gasteiger partial charge is 0.341 e. The van der Waals surface area contributed by atoms with Gasteiger partial charge in [0, 0.05) is 17.7 Å². The fourth-order valence-corrected chi connectivity index (χ4v) is 2.59. The number of halogens is 1. The molecule has 0 saturated carbocycles. The summed E-state index contributed by atoms with van der Waals surface area (Å²) in [6.07, 6.45) is 2.62. The van der Waals surface area contributed by atoms with Crippen molar-refractivity contribution in [2.24, 2.45) is 0 Å². The van der Waals surface area contributed by atoms with Crippen molar-refractivity contribution in [1.29, 1.82) is 0 Å². The van der Waals surface area contributed by atoms with Crippen LogP contribution in [0.2, 0.25) is 5.15 Å². The second kappa shape index (κ2) is 9.57. The molecule has 0 atom stereocenters. The van der Waals surface area contributed by atoms with Gasteiger partial charge in [0.1, 0.15) is 34.3 Å². The highest BCUT2D eigenvalue weighted by molar-refractivity contribution is 6.29. The number of hydrogen-bond acceptors (Lipinski definition) is 7. The monoisotopic (exact) mass is 412 g/mol. The van der Waals surface area contributed by atoms with Gasteiger partial charge in [-0.1, -0.05) is 35.9 Å². The lowest BCUT2D eigenvalue weighted by Crippen LogP contribution is -2.05. The molecule has 0 radical (unpaired) electrons. The Balaban J connectivity index is 1.87. The van der Waals surface area contributed by atoms with Crippen molar-refractivity contribution in [3.63, 3.8) is 0 Å². The van der Waals surface area contributed by atoms with Gasteiger partial charge in [0.05, 0.1) is 20.5 Å². The third-order valence-electron chi connectivity index (χ3n) is 3.68. The number of methoxy groups -OCH3 is 2. The lowest BCUT2D eigenvalue weighted by molar-refractivity contribution is -0.133. The van der Waals surface area contributed by atoms with E-state index in [0.717, 1.165) is 0 Å². The van der Waals surface area contributed by atoms with Crippen LogP contribution in [0.1, 0.15) is 5.56 Å². The molecule has 0 unspecified atom stereocenters. The molecule has 0 spiro atoms. The molecule has 148 valence electrons. The highest BCUT2D eigenvalue weighted by Gasteiger charge is 2.18. The van der Waals surface area contributed by atoms with Gasteiger partial charge in [0.15, 0.2) is 0 Å². The summed E-state index contributed by atoms with van der Waals surface area (Å²) in [5, 5.41) is 0.275. The Morgan fingerprint density at radius 1 is 0.966 bits per heavy atom. The number of benzene rings is 2. The van der Waals surface area contributed by atoms with Crippen LogP contribution in [-0.4, -0.2) is 30.2 Å². The van der Waals surface area contributed by atoms with Crippen molar-refractivity contribution in [2.75, 3.05) is 14.2 Å². The molecule has 29 heavy (non-hydrogen) atoms. The van der Waals surface area contributed by atoms with Crippen molar-refractivity contribution in [1.82, 2.24) is 9.97 Å². The zero-order valence-electron chi connectivity index (χ0n) is 15.7. The minimum absolute atomic E-state index is 0.230. The number of rotatable bonds is 7. The summed E-state index contributed by atoms with van der Waals surface area (Å²) in [6, 6.07) is 15.5. The summed E-state index contributed by atoms with van der Waals surface area (Å²) in [7, 11) is 2.75. The zero-order chi connectivity index (χ0) is 20.6. The van der Waals surface area contributed by atoms with Crippen LogP contribution in [0.5, 0.6) is 23.1 Å². The highest BCUT2D eigenvalue weighted by atomic mass is 35.5. The normalized spacial score (nSPS) is 10.9. The molecule has 1 aromatic heterocycles. The average molecular weight is 413 g/mol. The van der Waals surface area contributed by atoms with Crippen molar-refractivity contribution in [3.8, 4) is 23.1 Å². The molecular weight excluding hydrogens is 396 g/mol. The van der Waals surface area contributed by atoms with E-state index < -0.39 is 5.97 Å². The van der Waals surface area contributed by atoms with E-state index in [9.17, 15) is 4.79 Å². The van der Waals surface area contributed by atoms with Gasteiger partial charge in [-0.3, -0.25) is 0 Å². The number of carbonyl (C=O) groups is 1. The molecule has 0 aliphatic heterocycles. The van der Waals surface area contributed by atoms with Gasteiger partial charge in [-0.15, -0.1) is 0 Å². The number of nitrogens with zero attached hydrogens (tertiary/aromatic N) is 2. The first-order valence-electron chi connectivity index (χ1n) is 8.44. The number of hydrogen-bond donors (Lipinski definition) is 0. The first-order valence-corrected chi connectivity index (χ1v) is 8.82. The minimum atomic E-state index is -0.541. The van der Waals surface area contributed by atoms with Gasteiger partial charge in [-0.25, -0.2) is 14.8 Å². The van der Waals surface area contributed by atoms with Crippen LogP contribution in [0.25, 0.3) is 5.57 Å². The minimum Gasteiger partial charge on any atom is -0.503 e. The number of ether oxygens (including phenoxy) is 4. The summed E-state index contributed by atoms with van der Waals surface area (Å²) in [4.78, 5) is 19.9. The van der Waals surface area contributed by atoms with Gasteiger partial charge in [-0.05, 0) is 18.2 Å². The van der Waals surface area contributed by atoms with Gasteiger partial charge in [0.2, 0.25) is 5.88 Å². The van der Waals surface area contributed by atoms with E-state index in [2.05, 4.69) is 9.97 Å². The fraction of sp³-hybridized carbons (Fsp3) is 0.0952. The molecular formula is C21H17ClN2O5. The molecule has 0 bridgehead atoms. The standard InChI is InChI=1S/C21H17ClN2O5/c1-26-12-17(21(25)27-2)16-8-3-4-9-18(16)28-14-6-5-7-15(10-14)29-20-11-19(22)23-13-24-20/h3-13H,1-2H3. The summed E-state index contributed by atoms with van der Waals surface area (Å²) in [5.41, 5.74) is 0.753. The van der Waals surface area contributed by atoms with E-state index in [0.29, 0.717) is 28.7 Å². The Morgan fingerprint density at radius 2 is 1.72 bits per heavy atom. The second-order valence-electron chi connectivity index (χ2n) is 5.61. The molecule has 2 aromatic carbocycles. The summed E-state index contributed by atoms with van der Waals surface area (Å²) >= 11 is 5.85. The quantitative estimate of drug-likeness (QED) is 0.237. The highest BCUT2D eigenvalue weighted by Crippen LogP contribution is 2.33. The zero-order valence-corrected chi connectivity index (χ0v) is 16.4. The molecule has 3 rings (SSSR count). The van der Waals surface area contributed by atoms with Gasteiger partial charge in [-0.2, -0.15) is 0 Å². The Morgan fingerprint density at radius 3 is 2.45 bits per heavy atom. The first kappa shape index (κ1) is 20.2. The van der Waals surface area contributed by atoms with E-state index in [-0.39, 0.29) is 10.7 Å². The molecule has 0 amide bonds. The Kier molecular flexibility index (Phi) is 6.65. The van der Waals surface area contributed by atoms with E-state index in [1.807, 2.05) is 0 Å². The van der Waals surface area contributed by atoms with Crippen molar-refractivity contribution < 1.29 is 23.7 Å². The SMILES string of the molecule is COC=C(C(=O)OC)c1ccccc1Oc1cccc(Oc2cc(Cl)ncn2)c1. The van der Waals surface area contributed by atoms with E-state index in [1.54, 1.807) is 48.5 Å². The van der Waals surface area contributed by atoms with Crippen molar-refractivity contribution in [2.45, 2.75) is 0 Å². The molecule has 1 heterocycles. The number of aromatic nitrogens is 2. The van der Waals surface area contributed by atoms with E-state index in [4.69, 9.17) is 30.5 Å². The topological polar surface area (TPSA) is 79.8 Å². The van der Waals surface area contributed by atoms with Crippen LogP contribution in [0.15, 0.2) is 67.2 Å². The number of carbonyl (C=O) groups excluding carboxylic acids is 1. The lowest BCUT2D eigenvalue weighted by atomic mass is 10.1. The average Bonchev–Trinajstić information content (AvgIpc) is 2.72. The Labute approximate surface area is 172 Å². The van der Waals surface area contributed by atoms with Crippen LogP contribution in [0.4, 0.5) is 0 Å². The van der Waals surface area contributed by atoms with Crippen LogP contribution in [0.3, 0.4) is 0 Å². The molecule has 0 aliphatic carbocycles. The van der Waals surface area contributed by atoms with Crippen LogP contribution < -0.4 is 9.47 Å². The van der Waals surface area contributed by atoms with Crippen LogP contribution >= 0.6 is 11.6 Å². The number of para-hydroxylation sites is 1. The lowest BCUT2D eigenvalue weighted by Gasteiger charge is -2.13. The predicted octanol–water partition coefficient (Wildman–Crippen LogP) is 4.87. The molecule has 3 aromatic rings. The molecule has 0 aliphatic rings. The molecule has 7 nitrogen and oxygen atoms in total. The Hall–Kier alpha value is -3.58. The molecule has 0 fully saturated rings. The largest absolute Gasteiger partial charge is 0.503 e. The van der Waals surface area contributed by atoms with Crippen LogP contribution in [0, 0.1) is 0 Å². The van der Waals surface area contributed by atoms with Crippen LogP contribution in [-0.2, 0) is 14.3 Å². The summed E-state index contributed by atoms with van der Waals surface area (Å²) < 4.78 is 21.5. The maximum Gasteiger partial charge on any atom is 0.341 e. The fourth-order valence-electron chi connectivity index (χ4n) is 2.45. The maximum absolute atomic E-state index is 12.1. The van der Waals surface area contributed by atoms with Gasteiger partial charge >= 0.3 is 5.97 Å². The first-order chi connectivity index (χ1) is 14.1. The van der Waals surface area contributed by atoms with E-state index in [1.165, 1.54) is 32.9 Å². The third kappa shape index (κ3) is 5.24.